The van der Waals surface area contributed by atoms with Gasteiger partial charge in [-0.2, -0.15) is 0 Å². The summed E-state index contributed by atoms with van der Waals surface area (Å²) in [4.78, 5) is 22.6. The Labute approximate surface area is 179 Å². The van der Waals surface area contributed by atoms with E-state index >= 15 is 0 Å². The van der Waals surface area contributed by atoms with Gasteiger partial charge in [0.15, 0.2) is 5.82 Å². The average molecular weight is 421 g/mol. The molecule has 154 valence electrons. The van der Waals surface area contributed by atoms with Crippen molar-refractivity contribution in [2.45, 2.75) is 32.7 Å². The quantitative estimate of drug-likeness (QED) is 0.370. The summed E-state index contributed by atoms with van der Waals surface area (Å²) in [7, 11) is 0. The third kappa shape index (κ3) is 4.68. The van der Waals surface area contributed by atoms with Crippen LogP contribution in [0, 0.1) is 0 Å². The number of aromatic nitrogens is 3. The van der Waals surface area contributed by atoms with Gasteiger partial charge in [0, 0.05) is 11.9 Å². The van der Waals surface area contributed by atoms with Crippen LogP contribution in [0.25, 0.3) is 21.7 Å². The van der Waals surface area contributed by atoms with Crippen molar-refractivity contribution in [3.8, 4) is 16.5 Å². The van der Waals surface area contributed by atoms with Crippen molar-refractivity contribution in [3.63, 3.8) is 0 Å². The fourth-order valence-electron chi connectivity index (χ4n) is 3.27. The Morgan fingerprint density at radius 3 is 2.73 bits per heavy atom. The Kier molecular flexibility index (Phi) is 6.39. The van der Waals surface area contributed by atoms with Gasteiger partial charge in [-0.25, -0.2) is 4.98 Å². The lowest BCUT2D eigenvalue weighted by Gasteiger charge is -2.10. The Morgan fingerprint density at radius 1 is 1.13 bits per heavy atom. The summed E-state index contributed by atoms with van der Waals surface area (Å²) in [6.07, 6.45) is 5.17. The number of amides is 1. The first-order valence-electron chi connectivity index (χ1n) is 10.1. The number of anilines is 1. The maximum absolute atomic E-state index is 12.8. The van der Waals surface area contributed by atoms with Crippen molar-refractivity contribution >= 4 is 34.0 Å². The SMILES string of the molecule is CCCCCOc1ccc(NC(=O)Cn2c(-c3cncs3)nc3ccccc32)cc1. The summed E-state index contributed by atoms with van der Waals surface area (Å²) in [5.74, 6) is 1.46. The molecule has 0 atom stereocenters. The topological polar surface area (TPSA) is 69.0 Å². The third-order valence-corrected chi connectivity index (χ3v) is 5.53. The summed E-state index contributed by atoms with van der Waals surface area (Å²) in [5.41, 5.74) is 4.29. The first kappa shape index (κ1) is 20.1. The van der Waals surface area contributed by atoms with Crippen molar-refractivity contribution in [1.29, 1.82) is 0 Å². The first-order valence-corrected chi connectivity index (χ1v) is 11.0. The molecule has 30 heavy (non-hydrogen) atoms. The molecule has 7 heteroatoms. The number of nitrogens with zero attached hydrogens (tertiary/aromatic N) is 3. The monoisotopic (exact) mass is 420 g/mol. The molecule has 0 saturated heterocycles. The fraction of sp³-hybridized carbons (Fsp3) is 0.261. The van der Waals surface area contributed by atoms with Crippen LogP contribution >= 0.6 is 11.3 Å². The van der Waals surface area contributed by atoms with Gasteiger partial charge in [0.1, 0.15) is 12.3 Å². The molecule has 2 aromatic heterocycles. The Hall–Kier alpha value is -3.19. The van der Waals surface area contributed by atoms with Crippen LogP contribution in [0.4, 0.5) is 5.69 Å². The summed E-state index contributed by atoms with van der Waals surface area (Å²) in [5, 5.41) is 2.97. The second-order valence-electron chi connectivity index (χ2n) is 7.00. The average Bonchev–Trinajstić information content (AvgIpc) is 3.41. The summed E-state index contributed by atoms with van der Waals surface area (Å²) in [6.45, 7) is 3.06. The van der Waals surface area contributed by atoms with Gasteiger partial charge in [-0.3, -0.25) is 9.78 Å². The zero-order valence-electron chi connectivity index (χ0n) is 16.9. The molecule has 4 aromatic rings. The smallest absolute Gasteiger partial charge is 0.244 e. The van der Waals surface area contributed by atoms with E-state index in [1.54, 1.807) is 11.7 Å². The number of hydrogen-bond donors (Lipinski definition) is 1. The lowest BCUT2D eigenvalue weighted by molar-refractivity contribution is -0.116. The molecule has 6 nitrogen and oxygen atoms in total. The van der Waals surface area contributed by atoms with Gasteiger partial charge in [-0.1, -0.05) is 31.9 Å². The molecule has 2 heterocycles. The zero-order valence-corrected chi connectivity index (χ0v) is 17.7. The van der Waals surface area contributed by atoms with Crippen LogP contribution in [-0.4, -0.2) is 27.0 Å². The predicted octanol–water partition coefficient (Wildman–Crippen LogP) is 5.37. The fourth-order valence-corrected chi connectivity index (χ4v) is 3.89. The molecule has 2 aromatic carbocycles. The van der Waals surface area contributed by atoms with E-state index in [4.69, 9.17) is 9.72 Å². The van der Waals surface area contributed by atoms with E-state index in [0.29, 0.717) is 6.61 Å². The number of para-hydroxylation sites is 2. The molecule has 0 fully saturated rings. The third-order valence-electron chi connectivity index (χ3n) is 4.76. The second kappa shape index (κ2) is 9.54. The Bertz CT molecular complexity index is 1100. The standard InChI is InChI=1S/C23H24N4O2S/c1-2-3-6-13-29-18-11-9-17(10-12-18)25-22(28)15-27-20-8-5-4-7-19(20)26-23(27)21-14-24-16-30-21/h4-5,7-12,14,16H,2-3,6,13,15H2,1H3,(H,25,28). The maximum atomic E-state index is 12.8. The minimum atomic E-state index is -0.111. The van der Waals surface area contributed by atoms with Crippen molar-refractivity contribution in [2.24, 2.45) is 0 Å². The molecule has 0 unspecified atom stereocenters. The number of nitrogens with one attached hydrogen (secondary N) is 1. The molecular weight excluding hydrogens is 396 g/mol. The largest absolute Gasteiger partial charge is 0.494 e. The number of benzene rings is 2. The van der Waals surface area contributed by atoms with Gasteiger partial charge in [-0.05, 0) is 42.8 Å². The normalized spacial score (nSPS) is 11.0. The van der Waals surface area contributed by atoms with Crippen molar-refractivity contribution < 1.29 is 9.53 Å². The van der Waals surface area contributed by atoms with Crippen molar-refractivity contribution in [3.05, 3.63) is 60.2 Å². The van der Waals surface area contributed by atoms with Gasteiger partial charge in [0.2, 0.25) is 5.91 Å². The predicted molar refractivity (Wildman–Crippen MR) is 121 cm³/mol. The van der Waals surface area contributed by atoms with Gasteiger partial charge in [0.25, 0.3) is 0 Å². The highest BCUT2D eigenvalue weighted by Gasteiger charge is 2.16. The van der Waals surface area contributed by atoms with E-state index in [1.807, 2.05) is 53.1 Å². The second-order valence-corrected chi connectivity index (χ2v) is 7.89. The minimum Gasteiger partial charge on any atom is -0.494 e. The molecule has 1 N–H and O–H groups in total. The molecule has 0 saturated carbocycles. The number of fused-ring (bicyclic) bond motifs is 1. The molecule has 0 aliphatic carbocycles. The van der Waals surface area contributed by atoms with Crippen LogP contribution in [0.5, 0.6) is 5.75 Å². The van der Waals surface area contributed by atoms with E-state index in [0.717, 1.165) is 39.6 Å². The van der Waals surface area contributed by atoms with Gasteiger partial charge in [-0.15, -0.1) is 11.3 Å². The number of rotatable bonds is 9. The number of unbranched alkanes of at least 4 members (excludes halogenated alkanes) is 2. The lowest BCUT2D eigenvalue weighted by Crippen LogP contribution is -2.19. The molecule has 1 amide bonds. The van der Waals surface area contributed by atoms with Gasteiger partial charge in [0.05, 0.1) is 28.0 Å². The van der Waals surface area contributed by atoms with Crippen LogP contribution in [0.1, 0.15) is 26.2 Å². The van der Waals surface area contributed by atoms with E-state index in [2.05, 4.69) is 17.2 Å². The molecule has 0 radical (unpaired) electrons. The Balaban J connectivity index is 1.45. The Morgan fingerprint density at radius 2 is 1.97 bits per heavy atom. The van der Waals surface area contributed by atoms with Gasteiger partial charge >= 0.3 is 0 Å². The molecule has 0 aliphatic heterocycles. The van der Waals surface area contributed by atoms with Crippen LogP contribution < -0.4 is 10.1 Å². The summed E-state index contributed by atoms with van der Waals surface area (Å²) < 4.78 is 7.66. The molecular formula is C23H24N4O2S. The van der Waals surface area contributed by atoms with Crippen LogP contribution in [-0.2, 0) is 11.3 Å². The highest BCUT2D eigenvalue weighted by atomic mass is 32.1. The number of imidazole rings is 1. The number of carbonyl (C=O) groups excluding carboxylic acids is 1. The molecule has 0 spiro atoms. The first-order chi connectivity index (χ1) is 14.7. The van der Waals surface area contributed by atoms with Crippen LogP contribution in [0.3, 0.4) is 0 Å². The van der Waals surface area contributed by atoms with Crippen molar-refractivity contribution in [1.82, 2.24) is 14.5 Å². The zero-order chi connectivity index (χ0) is 20.8. The highest BCUT2D eigenvalue weighted by molar-refractivity contribution is 7.13. The number of hydrogen-bond acceptors (Lipinski definition) is 5. The molecule has 4 rings (SSSR count). The summed E-state index contributed by atoms with van der Waals surface area (Å²) >= 11 is 1.51. The number of thiazole rings is 1. The molecule has 0 bridgehead atoms. The molecule has 0 aliphatic rings. The highest BCUT2D eigenvalue weighted by Crippen LogP contribution is 2.27. The van der Waals surface area contributed by atoms with Crippen molar-refractivity contribution in [2.75, 3.05) is 11.9 Å². The minimum absolute atomic E-state index is 0.111. The van der Waals surface area contributed by atoms with E-state index in [9.17, 15) is 4.79 Å². The maximum Gasteiger partial charge on any atom is 0.244 e. The van der Waals surface area contributed by atoms with Gasteiger partial charge < -0.3 is 14.6 Å². The lowest BCUT2D eigenvalue weighted by atomic mass is 10.2. The van der Waals surface area contributed by atoms with E-state index in [1.165, 1.54) is 24.2 Å². The summed E-state index contributed by atoms with van der Waals surface area (Å²) in [6, 6.07) is 15.3. The van der Waals surface area contributed by atoms with Crippen LogP contribution in [0.15, 0.2) is 60.2 Å². The van der Waals surface area contributed by atoms with E-state index in [-0.39, 0.29) is 12.5 Å². The number of ether oxygens (including phenoxy) is 1. The van der Waals surface area contributed by atoms with Crippen LogP contribution in [0.2, 0.25) is 0 Å². The number of carbonyl (C=O) groups is 1. The van der Waals surface area contributed by atoms with E-state index < -0.39 is 0 Å².